The number of benzene rings is 2. The quantitative estimate of drug-likeness (QED) is 0.833. The van der Waals surface area contributed by atoms with E-state index in [0.29, 0.717) is 11.4 Å². The first-order valence-corrected chi connectivity index (χ1v) is 5.66. The fraction of sp³-hybridized carbons (Fsp3) is 0.0714. The van der Waals surface area contributed by atoms with E-state index in [1.165, 1.54) is 6.07 Å². The minimum Gasteiger partial charge on any atom is -0.328 e. The lowest BCUT2D eigenvalue weighted by Crippen LogP contribution is -2.35. The van der Waals surface area contributed by atoms with E-state index in [-0.39, 0.29) is 18.3 Å². The second-order valence-electron chi connectivity index (χ2n) is 4.10. The van der Waals surface area contributed by atoms with Crippen molar-refractivity contribution in [2.75, 3.05) is 16.8 Å². The van der Waals surface area contributed by atoms with Gasteiger partial charge in [0.15, 0.2) is 0 Å². The summed E-state index contributed by atoms with van der Waals surface area (Å²) in [6.45, 7) is 0.123. The molecule has 2 aromatic rings. The topological polar surface area (TPSA) is 32.3 Å². The number of nitrogens with one attached hydrogen (secondary N) is 1. The summed E-state index contributed by atoms with van der Waals surface area (Å²) in [5, 5.41) is 2.78. The van der Waals surface area contributed by atoms with Gasteiger partial charge in [-0.2, -0.15) is 0 Å². The van der Waals surface area contributed by atoms with Crippen molar-refractivity contribution in [1.29, 1.82) is 0 Å². The zero-order chi connectivity index (χ0) is 12.5. The Labute approximate surface area is 104 Å². The van der Waals surface area contributed by atoms with E-state index in [4.69, 9.17) is 0 Å². The van der Waals surface area contributed by atoms with Crippen LogP contribution in [-0.2, 0) is 4.79 Å². The lowest BCUT2D eigenvalue weighted by atomic mass is 10.1. The van der Waals surface area contributed by atoms with Gasteiger partial charge in [0, 0.05) is 0 Å². The summed E-state index contributed by atoms with van der Waals surface area (Å²) < 4.78 is 13.8. The third kappa shape index (κ3) is 1.72. The molecule has 3 nitrogen and oxygen atoms in total. The van der Waals surface area contributed by atoms with Crippen LogP contribution in [0, 0.1) is 5.82 Å². The molecule has 2 aromatic carbocycles. The van der Waals surface area contributed by atoms with E-state index in [9.17, 15) is 9.18 Å². The van der Waals surface area contributed by atoms with Crippen LogP contribution in [0.2, 0.25) is 0 Å². The average molecular weight is 242 g/mol. The van der Waals surface area contributed by atoms with Crippen molar-refractivity contribution in [1.82, 2.24) is 0 Å². The molecule has 0 saturated heterocycles. The third-order valence-electron chi connectivity index (χ3n) is 2.91. The van der Waals surface area contributed by atoms with Crippen molar-refractivity contribution in [2.24, 2.45) is 0 Å². The van der Waals surface area contributed by atoms with Gasteiger partial charge in [0.05, 0.1) is 17.1 Å². The first-order chi connectivity index (χ1) is 8.75. The SMILES string of the molecule is O=C1CN(c2ccccc2F)c2ccccc2N1. The maximum absolute atomic E-state index is 13.8. The highest BCUT2D eigenvalue weighted by Crippen LogP contribution is 2.35. The summed E-state index contributed by atoms with van der Waals surface area (Å²) in [7, 11) is 0. The maximum atomic E-state index is 13.8. The summed E-state index contributed by atoms with van der Waals surface area (Å²) in [5.74, 6) is -0.473. The van der Waals surface area contributed by atoms with Gasteiger partial charge in [-0.15, -0.1) is 0 Å². The lowest BCUT2D eigenvalue weighted by molar-refractivity contribution is -0.115. The Balaban J connectivity index is 2.13. The van der Waals surface area contributed by atoms with Gasteiger partial charge in [-0.1, -0.05) is 24.3 Å². The van der Waals surface area contributed by atoms with Crippen LogP contribution in [0.4, 0.5) is 21.5 Å². The van der Waals surface area contributed by atoms with Crippen molar-refractivity contribution in [3.63, 3.8) is 0 Å². The monoisotopic (exact) mass is 242 g/mol. The molecule has 1 aliphatic heterocycles. The Kier molecular flexibility index (Phi) is 2.48. The molecule has 0 aromatic heterocycles. The number of carbonyl (C=O) groups excluding carboxylic acids is 1. The Bertz CT molecular complexity index is 612. The number of hydrogen-bond donors (Lipinski definition) is 1. The van der Waals surface area contributed by atoms with Crippen LogP contribution in [0.25, 0.3) is 0 Å². The van der Waals surface area contributed by atoms with Crippen LogP contribution in [0.15, 0.2) is 48.5 Å². The molecular formula is C14H11FN2O. The van der Waals surface area contributed by atoms with Crippen molar-refractivity contribution < 1.29 is 9.18 Å². The summed E-state index contributed by atoms with van der Waals surface area (Å²) in [6.07, 6.45) is 0. The van der Waals surface area contributed by atoms with E-state index in [2.05, 4.69) is 5.32 Å². The van der Waals surface area contributed by atoms with Gasteiger partial charge in [0.25, 0.3) is 0 Å². The second-order valence-corrected chi connectivity index (χ2v) is 4.10. The fourth-order valence-electron chi connectivity index (χ4n) is 2.12. The van der Waals surface area contributed by atoms with Crippen molar-refractivity contribution in [2.45, 2.75) is 0 Å². The Morgan fingerprint density at radius 3 is 2.44 bits per heavy atom. The molecule has 0 bridgehead atoms. The van der Waals surface area contributed by atoms with E-state index in [1.54, 1.807) is 29.2 Å². The molecule has 90 valence electrons. The van der Waals surface area contributed by atoms with Crippen LogP contribution in [0.1, 0.15) is 0 Å². The Hall–Kier alpha value is -2.36. The normalized spacial score (nSPS) is 14.1. The highest BCUT2D eigenvalue weighted by Gasteiger charge is 2.24. The number of para-hydroxylation sites is 3. The Morgan fingerprint density at radius 2 is 1.67 bits per heavy atom. The van der Waals surface area contributed by atoms with Crippen LogP contribution in [0.5, 0.6) is 0 Å². The molecule has 4 heteroatoms. The van der Waals surface area contributed by atoms with Gasteiger partial charge in [-0.05, 0) is 24.3 Å². The minimum absolute atomic E-state index is 0.123. The highest BCUT2D eigenvalue weighted by molar-refractivity contribution is 6.03. The molecule has 1 N–H and O–H groups in total. The molecule has 1 heterocycles. The molecule has 0 radical (unpaired) electrons. The minimum atomic E-state index is -0.331. The van der Waals surface area contributed by atoms with Crippen LogP contribution >= 0.6 is 0 Å². The maximum Gasteiger partial charge on any atom is 0.244 e. The van der Waals surface area contributed by atoms with Gasteiger partial charge in [-0.3, -0.25) is 4.79 Å². The van der Waals surface area contributed by atoms with E-state index in [0.717, 1.165) is 5.69 Å². The van der Waals surface area contributed by atoms with E-state index >= 15 is 0 Å². The number of anilines is 3. The standard InChI is InChI=1S/C14H11FN2O/c15-10-5-1-3-7-12(10)17-9-14(18)16-11-6-2-4-8-13(11)17/h1-8H,9H2,(H,16,18). The molecule has 3 rings (SSSR count). The third-order valence-corrected chi connectivity index (χ3v) is 2.91. The number of carbonyl (C=O) groups is 1. The molecule has 0 spiro atoms. The Morgan fingerprint density at radius 1 is 1.00 bits per heavy atom. The van der Waals surface area contributed by atoms with Crippen molar-refractivity contribution in [3.8, 4) is 0 Å². The number of hydrogen-bond acceptors (Lipinski definition) is 2. The highest BCUT2D eigenvalue weighted by atomic mass is 19.1. The number of halogens is 1. The second kappa shape index (κ2) is 4.14. The van der Waals surface area contributed by atoms with E-state index in [1.807, 2.05) is 18.2 Å². The number of amides is 1. The average Bonchev–Trinajstić information content (AvgIpc) is 2.38. The largest absolute Gasteiger partial charge is 0.328 e. The van der Waals surface area contributed by atoms with Gasteiger partial charge in [-0.25, -0.2) is 4.39 Å². The molecular weight excluding hydrogens is 231 g/mol. The molecule has 0 saturated carbocycles. The zero-order valence-corrected chi connectivity index (χ0v) is 9.56. The fourth-order valence-corrected chi connectivity index (χ4v) is 2.12. The molecule has 0 unspecified atom stereocenters. The first kappa shape index (κ1) is 10.8. The number of rotatable bonds is 1. The lowest BCUT2D eigenvalue weighted by Gasteiger charge is -2.31. The molecule has 1 aliphatic rings. The molecule has 0 atom stereocenters. The van der Waals surface area contributed by atoms with Crippen LogP contribution < -0.4 is 10.2 Å². The number of fused-ring (bicyclic) bond motifs is 1. The zero-order valence-electron chi connectivity index (χ0n) is 9.56. The number of nitrogens with zero attached hydrogens (tertiary/aromatic N) is 1. The summed E-state index contributed by atoms with van der Waals surface area (Å²) in [4.78, 5) is 13.3. The van der Waals surface area contributed by atoms with Crippen LogP contribution in [0.3, 0.4) is 0 Å². The molecule has 0 aliphatic carbocycles. The molecule has 18 heavy (non-hydrogen) atoms. The van der Waals surface area contributed by atoms with Gasteiger partial charge >= 0.3 is 0 Å². The van der Waals surface area contributed by atoms with Crippen molar-refractivity contribution in [3.05, 3.63) is 54.3 Å². The van der Waals surface area contributed by atoms with Gasteiger partial charge < -0.3 is 10.2 Å². The molecule has 1 amide bonds. The summed E-state index contributed by atoms with van der Waals surface area (Å²) >= 11 is 0. The van der Waals surface area contributed by atoms with E-state index < -0.39 is 0 Å². The van der Waals surface area contributed by atoms with Gasteiger partial charge in [0.2, 0.25) is 5.91 Å². The van der Waals surface area contributed by atoms with Crippen LogP contribution in [-0.4, -0.2) is 12.5 Å². The first-order valence-electron chi connectivity index (χ1n) is 5.66. The summed E-state index contributed by atoms with van der Waals surface area (Å²) in [5.41, 5.74) is 1.93. The van der Waals surface area contributed by atoms with Gasteiger partial charge in [0.1, 0.15) is 12.4 Å². The predicted molar refractivity (Wildman–Crippen MR) is 68.5 cm³/mol. The smallest absolute Gasteiger partial charge is 0.244 e. The summed E-state index contributed by atoms with van der Waals surface area (Å²) in [6, 6.07) is 13.8. The molecule has 0 fully saturated rings. The van der Waals surface area contributed by atoms with Crippen molar-refractivity contribution >= 4 is 23.0 Å². The predicted octanol–water partition coefficient (Wildman–Crippen LogP) is 2.92.